The van der Waals surface area contributed by atoms with Crippen molar-refractivity contribution in [3.63, 3.8) is 0 Å². The molecule has 19 heavy (non-hydrogen) atoms. The highest BCUT2D eigenvalue weighted by Crippen LogP contribution is 2.32. The number of fused-ring (bicyclic) bond motifs is 2. The van der Waals surface area contributed by atoms with Gasteiger partial charge in [0.05, 0.1) is 0 Å². The van der Waals surface area contributed by atoms with Gasteiger partial charge in [0.25, 0.3) is 0 Å². The molecule has 2 aromatic rings. The molecule has 2 N–H and O–H groups in total. The second-order valence-electron chi connectivity index (χ2n) is 4.86. The first-order valence-electron chi connectivity index (χ1n) is 6.10. The number of hydrogen-bond donors (Lipinski definition) is 1. The van der Waals surface area contributed by atoms with E-state index in [2.05, 4.69) is 0 Å². The summed E-state index contributed by atoms with van der Waals surface area (Å²) in [5.74, 6) is -0.205. The van der Waals surface area contributed by atoms with Crippen LogP contribution < -0.4 is 5.73 Å². The number of carbonyl (C=O) groups is 2. The standard InChI is InChI=1S/C16H13NO2/c1-8-4-3-5-10-13(8)16(19)14-9(2)12(17)7-6-11(14)15(10)18/h3-7H,17H2,1-2H3. The molecule has 0 aromatic heterocycles. The first-order chi connectivity index (χ1) is 9.02. The second-order valence-corrected chi connectivity index (χ2v) is 4.86. The van der Waals surface area contributed by atoms with Crippen LogP contribution >= 0.6 is 0 Å². The number of nitrogen functional groups attached to an aromatic ring is 1. The van der Waals surface area contributed by atoms with Crippen LogP contribution in [0.1, 0.15) is 43.0 Å². The summed E-state index contributed by atoms with van der Waals surface area (Å²) >= 11 is 0. The molecule has 3 heteroatoms. The lowest BCUT2D eigenvalue weighted by atomic mass is 9.80. The van der Waals surface area contributed by atoms with E-state index >= 15 is 0 Å². The Morgan fingerprint density at radius 1 is 0.842 bits per heavy atom. The molecule has 0 heterocycles. The molecule has 0 bridgehead atoms. The maximum absolute atomic E-state index is 12.6. The van der Waals surface area contributed by atoms with Crippen molar-refractivity contribution >= 4 is 17.3 Å². The summed E-state index contributed by atoms with van der Waals surface area (Å²) in [7, 11) is 0. The Labute approximate surface area is 111 Å². The van der Waals surface area contributed by atoms with Gasteiger partial charge in [0.1, 0.15) is 0 Å². The fourth-order valence-corrected chi connectivity index (χ4v) is 2.64. The minimum Gasteiger partial charge on any atom is -0.398 e. The van der Waals surface area contributed by atoms with E-state index in [9.17, 15) is 9.59 Å². The zero-order valence-corrected chi connectivity index (χ0v) is 10.8. The van der Waals surface area contributed by atoms with Gasteiger partial charge < -0.3 is 5.73 Å². The third kappa shape index (κ3) is 1.45. The van der Waals surface area contributed by atoms with Crippen molar-refractivity contribution in [1.29, 1.82) is 0 Å². The van der Waals surface area contributed by atoms with E-state index in [-0.39, 0.29) is 11.6 Å². The molecule has 0 aliphatic heterocycles. The number of hydrogen-bond acceptors (Lipinski definition) is 3. The summed E-state index contributed by atoms with van der Waals surface area (Å²) in [6.45, 7) is 3.62. The van der Waals surface area contributed by atoms with Crippen molar-refractivity contribution < 1.29 is 9.59 Å². The molecule has 1 aliphatic carbocycles. The SMILES string of the molecule is Cc1cccc2c1C(=O)c1c(ccc(N)c1C)C2=O. The Bertz CT molecular complexity index is 745. The van der Waals surface area contributed by atoms with Crippen LogP contribution in [-0.4, -0.2) is 11.6 Å². The van der Waals surface area contributed by atoms with Gasteiger partial charge in [0.2, 0.25) is 0 Å². The van der Waals surface area contributed by atoms with Gasteiger partial charge in [-0.1, -0.05) is 18.2 Å². The number of rotatable bonds is 0. The molecule has 1 aliphatic rings. The van der Waals surface area contributed by atoms with Crippen molar-refractivity contribution in [2.24, 2.45) is 0 Å². The number of anilines is 1. The average molecular weight is 251 g/mol. The Balaban J connectivity index is 2.40. The van der Waals surface area contributed by atoms with Crippen molar-refractivity contribution in [2.45, 2.75) is 13.8 Å². The van der Waals surface area contributed by atoms with Gasteiger partial charge in [-0.3, -0.25) is 9.59 Å². The Morgan fingerprint density at radius 3 is 2.26 bits per heavy atom. The highest BCUT2D eigenvalue weighted by atomic mass is 16.1. The van der Waals surface area contributed by atoms with E-state index in [0.717, 1.165) is 5.56 Å². The van der Waals surface area contributed by atoms with Crippen LogP contribution in [0.25, 0.3) is 0 Å². The summed E-state index contributed by atoms with van der Waals surface area (Å²) in [5.41, 5.74) is 9.79. The van der Waals surface area contributed by atoms with E-state index in [1.165, 1.54) is 0 Å². The molecule has 0 atom stereocenters. The molecular weight excluding hydrogens is 238 g/mol. The predicted octanol–water partition coefficient (Wildman–Crippen LogP) is 2.66. The Kier molecular flexibility index (Phi) is 2.32. The normalized spacial score (nSPS) is 13.2. The van der Waals surface area contributed by atoms with Crippen molar-refractivity contribution in [3.8, 4) is 0 Å². The van der Waals surface area contributed by atoms with Crippen molar-refractivity contribution in [1.82, 2.24) is 0 Å². The number of ketones is 2. The minimum atomic E-state index is -0.104. The number of carbonyl (C=O) groups excluding carboxylic acids is 2. The lowest BCUT2D eigenvalue weighted by Crippen LogP contribution is -2.23. The maximum Gasteiger partial charge on any atom is 0.195 e. The highest BCUT2D eigenvalue weighted by Gasteiger charge is 2.32. The van der Waals surface area contributed by atoms with Gasteiger partial charge in [0.15, 0.2) is 11.6 Å². The molecule has 0 saturated carbocycles. The highest BCUT2D eigenvalue weighted by molar-refractivity contribution is 6.29. The zero-order valence-electron chi connectivity index (χ0n) is 10.8. The summed E-state index contributed by atoms with van der Waals surface area (Å²) in [5, 5.41) is 0. The van der Waals surface area contributed by atoms with Crippen molar-refractivity contribution in [2.75, 3.05) is 5.73 Å². The van der Waals surface area contributed by atoms with Gasteiger partial charge in [-0.25, -0.2) is 0 Å². The van der Waals surface area contributed by atoms with Crippen LogP contribution in [0.3, 0.4) is 0 Å². The third-order valence-electron chi connectivity index (χ3n) is 3.72. The number of benzene rings is 2. The van der Waals surface area contributed by atoms with E-state index < -0.39 is 0 Å². The molecule has 3 nitrogen and oxygen atoms in total. The van der Waals surface area contributed by atoms with Crippen LogP contribution in [0.5, 0.6) is 0 Å². The van der Waals surface area contributed by atoms with Crippen LogP contribution in [0.4, 0.5) is 5.69 Å². The fourth-order valence-electron chi connectivity index (χ4n) is 2.64. The summed E-state index contributed by atoms with van der Waals surface area (Å²) in [6.07, 6.45) is 0. The Hall–Kier alpha value is -2.42. The molecule has 94 valence electrons. The molecule has 0 radical (unpaired) electrons. The summed E-state index contributed by atoms with van der Waals surface area (Å²) < 4.78 is 0. The van der Waals surface area contributed by atoms with Gasteiger partial charge in [-0.2, -0.15) is 0 Å². The predicted molar refractivity (Wildman–Crippen MR) is 73.6 cm³/mol. The molecular formula is C16H13NO2. The molecule has 3 rings (SSSR count). The molecule has 0 spiro atoms. The molecule has 0 amide bonds. The molecule has 2 aromatic carbocycles. The first-order valence-corrected chi connectivity index (χ1v) is 6.10. The monoisotopic (exact) mass is 251 g/mol. The van der Waals surface area contributed by atoms with Crippen LogP contribution in [-0.2, 0) is 0 Å². The van der Waals surface area contributed by atoms with Gasteiger partial charge in [-0.15, -0.1) is 0 Å². The van der Waals surface area contributed by atoms with E-state index in [4.69, 9.17) is 5.73 Å². The van der Waals surface area contributed by atoms with E-state index in [1.807, 2.05) is 13.0 Å². The average Bonchev–Trinajstić information content (AvgIpc) is 2.39. The quantitative estimate of drug-likeness (QED) is 0.625. The third-order valence-corrected chi connectivity index (χ3v) is 3.72. The van der Waals surface area contributed by atoms with E-state index in [1.54, 1.807) is 31.2 Å². The number of aryl methyl sites for hydroxylation is 1. The van der Waals surface area contributed by atoms with Gasteiger partial charge >= 0.3 is 0 Å². The van der Waals surface area contributed by atoms with Gasteiger partial charge in [0, 0.05) is 27.9 Å². The molecule has 0 fully saturated rings. The minimum absolute atomic E-state index is 0.101. The van der Waals surface area contributed by atoms with Crippen LogP contribution in [0, 0.1) is 13.8 Å². The zero-order chi connectivity index (χ0) is 13.7. The summed E-state index contributed by atoms with van der Waals surface area (Å²) in [6, 6.07) is 8.67. The second kappa shape index (κ2) is 3.79. The maximum atomic E-state index is 12.6. The Morgan fingerprint density at radius 2 is 1.53 bits per heavy atom. The molecule has 0 saturated heterocycles. The van der Waals surface area contributed by atoms with Crippen LogP contribution in [0.2, 0.25) is 0 Å². The number of nitrogens with two attached hydrogens (primary N) is 1. The largest absolute Gasteiger partial charge is 0.398 e. The van der Waals surface area contributed by atoms with Crippen LogP contribution in [0.15, 0.2) is 30.3 Å². The molecule has 0 unspecified atom stereocenters. The lowest BCUT2D eigenvalue weighted by molar-refractivity contribution is 0.0978. The summed E-state index contributed by atoms with van der Waals surface area (Å²) in [4.78, 5) is 25.1. The van der Waals surface area contributed by atoms with Gasteiger partial charge in [-0.05, 0) is 37.1 Å². The topological polar surface area (TPSA) is 60.2 Å². The van der Waals surface area contributed by atoms with Crippen molar-refractivity contribution in [3.05, 3.63) is 63.7 Å². The lowest BCUT2D eigenvalue weighted by Gasteiger charge is -2.21. The smallest absolute Gasteiger partial charge is 0.195 e. The fraction of sp³-hybridized carbons (Fsp3) is 0.125. The van der Waals surface area contributed by atoms with E-state index in [0.29, 0.717) is 33.5 Å². The first kappa shape index (κ1) is 11.7.